The van der Waals surface area contributed by atoms with Crippen LogP contribution >= 0.6 is 0 Å². The van der Waals surface area contributed by atoms with Crippen LogP contribution in [0.1, 0.15) is 24.8 Å². The minimum Gasteiger partial charge on any atom is -0.330 e. The van der Waals surface area contributed by atoms with Gasteiger partial charge >= 0.3 is 0 Å². The monoisotopic (exact) mass is 348 g/mol. The Hall–Kier alpha value is -2.66. The fourth-order valence-corrected chi connectivity index (χ4v) is 3.92. The van der Waals surface area contributed by atoms with Crippen LogP contribution in [0, 0.1) is 18.8 Å². The lowest BCUT2D eigenvalue weighted by Crippen LogP contribution is -2.29. The average Bonchev–Trinajstić information content (AvgIpc) is 3.30. The molecule has 1 aliphatic rings. The van der Waals surface area contributed by atoms with Crippen molar-refractivity contribution in [2.75, 3.05) is 11.9 Å². The lowest BCUT2D eigenvalue weighted by molar-refractivity contribution is -0.120. The Morgan fingerprint density at radius 2 is 2.08 bits per heavy atom. The number of carbonyl (C=O) groups excluding carboxylic acids is 1. The molecule has 2 heterocycles. The van der Waals surface area contributed by atoms with E-state index in [0.29, 0.717) is 12.5 Å². The molecule has 1 aliphatic carbocycles. The summed E-state index contributed by atoms with van der Waals surface area (Å²) < 4.78 is 2.04. The molecule has 4 rings (SSSR count). The van der Waals surface area contributed by atoms with E-state index in [4.69, 9.17) is 10.7 Å². The standard InChI is InChI=1S/C21H24N4O/c1-14-4-3-11-25-13-19(24-20(14)25)15-7-9-17(10-8-15)23-21(26)18-6-2-5-16(18)12-22/h3-4,7-11,13,16,18H,2,5-6,12,22H2,1H3,(H,23,26)/t16-,18-/m1/s1. The summed E-state index contributed by atoms with van der Waals surface area (Å²) >= 11 is 0. The third-order valence-corrected chi connectivity index (χ3v) is 5.42. The first kappa shape index (κ1) is 16.8. The van der Waals surface area contributed by atoms with Gasteiger partial charge in [-0.3, -0.25) is 4.79 Å². The highest BCUT2D eigenvalue weighted by Gasteiger charge is 2.31. The third kappa shape index (κ3) is 3.10. The molecule has 2 atom stereocenters. The van der Waals surface area contributed by atoms with Crippen LogP contribution in [0.2, 0.25) is 0 Å². The van der Waals surface area contributed by atoms with E-state index in [0.717, 1.165) is 47.4 Å². The Bertz CT molecular complexity index is 929. The zero-order valence-electron chi connectivity index (χ0n) is 15.0. The number of aromatic nitrogens is 2. The van der Waals surface area contributed by atoms with E-state index in [1.54, 1.807) is 0 Å². The summed E-state index contributed by atoms with van der Waals surface area (Å²) in [6, 6.07) is 12.0. The van der Waals surface area contributed by atoms with Crippen LogP contribution in [-0.4, -0.2) is 21.8 Å². The predicted octanol–water partition coefficient (Wildman–Crippen LogP) is 3.62. The van der Waals surface area contributed by atoms with Gasteiger partial charge in [0.15, 0.2) is 0 Å². The number of nitrogens with one attached hydrogen (secondary N) is 1. The second kappa shape index (κ2) is 6.92. The predicted molar refractivity (Wildman–Crippen MR) is 104 cm³/mol. The van der Waals surface area contributed by atoms with Crippen molar-refractivity contribution in [3.05, 3.63) is 54.4 Å². The van der Waals surface area contributed by atoms with E-state index in [1.165, 1.54) is 0 Å². The Balaban J connectivity index is 1.51. The lowest BCUT2D eigenvalue weighted by atomic mass is 9.95. The maximum atomic E-state index is 12.5. The number of amides is 1. The number of rotatable bonds is 4. The van der Waals surface area contributed by atoms with Gasteiger partial charge in [0, 0.05) is 29.6 Å². The summed E-state index contributed by atoms with van der Waals surface area (Å²) in [6.07, 6.45) is 7.11. The fraction of sp³-hybridized carbons (Fsp3) is 0.333. The van der Waals surface area contributed by atoms with Gasteiger partial charge in [0.1, 0.15) is 5.65 Å². The Kier molecular flexibility index (Phi) is 4.47. The van der Waals surface area contributed by atoms with Crippen LogP contribution in [0.3, 0.4) is 0 Å². The van der Waals surface area contributed by atoms with E-state index in [1.807, 2.05) is 47.1 Å². The van der Waals surface area contributed by atoms with Gasteiger partial charge in [-0.1, -0.05) is 24.6 Å². The summed E-state index contributed by atoms with van der Waals surface area (Å²) in [4.78, 5) is 17.2. The van der Waals surface area contributed by atoms with Crippen molar-refractivity contribution < 1.29 is 4.79 Å². The number of nitrogens with two attached hydrogens (primary N) is 1. The van der Waals surface area contributed by atoms with Crippen LogP contribution in [0.5, 0.6) is 0 Å². The van der Waals surface area contributed by atoms with E-state index < -0.39 is 0 Å². The van der Waals surface area contributed by atoms with Crippen LogP contribution in [0.15, 0.2) is 48.8 Å². The minimum atomic E-state index is 0.0427. The van der Waals surface area contributed by atoms with Gasteiger partial charge in [-0.05, 0) is 56.0 Å². The van der Waals surface area contributed by atoms with Gasteiger partial charge in [-0.2, -0.15) is 0 Å². The van der Waals surface area contributed by atoms with E-state index in [-0.39, 0.29) is 11.8 Å². The molecule has 0 radical (unpaired) electrons. The molecule has 5 heteroatoms. The number of nitrogens with zero attached hydrogens (tertiary/aromatic N) is 2. The third-order valence-electron chi connectivity index (χ3n) is 5.42. The molecule has 26 heavy (non-hydrogen) atoms. The smallest absolute Gasteiger partial charge is 0.227 e. The maximum absolute atomic E-state index is 12.5. The van der Waals surface area contributed by atoms with Gasteiger partial charge < -0.3 is 15.5 Å². The summed E-state index contributed by atoms with van der Waals surface area (Å²) in [5, 5.41) is 3.04. The molecule has 1 amide bonds. The van der Waals surface area contributed by atoms with Gasteiger partial charge in [0.25, 0.3) is 0 Å². The topological polar surface area (TPSA) is 72.4 Å². The highest BCUT2D eigenvalue weighted by Crippen LogP contribution is 2.32. The molecule has 1 fully saturated rings. The van der Waals surface area contributed by atoms with Gasteiger partial charge in [0.2, 0.25) is 5.91 Å². The molecule has 3 aromatic rings. The number of anilines is 1. The van der Waals surface area contributed by atoms with Crippen LogP contribution in [-0.2, 0) is 4.79 Å². The largest absolute Gasteiger partial charge is 0.330 e. The summed E-state index contributed by atoms with van der Waals surface area (Å²) in [6.45, 7) is 2.65. The summed E-state index contributed by atoms with van der Waals surface area (Å²) in [5.74, 6) is 0.450. The molecule has 0 bridgehead atoms. The van der Waals surface area contributed by atoms with Crippen molar-refractivity contribution in [1.29, 1.82) is 0 Å². The molecule has 5 nitrogen and oxygen atoms in total. The summed E-state index contributed by atoms with van der Waals surface area (Å²) in [7, 11) is 0. The number of imidazole rings is 1. The zero-order chi connectivity index (χ0) is 18.1. The van der Waals surface area contributed by atoms with Gasteiger partial charge in [-0.15, -0.1) is 0 Å². The SMILES string of the molecule is Cc1cccn2cc(-c3ccc(NC(=O)[C@@H]4CCC[C@@H]4CN)cc3)nc12. The molecular formula is C21H24N4O. The Morgan fingerprint density at radius 3 is 2.81 bits per heavy atom. The number of fused-ring (bicyclic) bond motifs is 1. The average molecular weight is 348 g/mol. The van der Waals surface area contributed by atoms with Crippen molar-refractivity contribution in [3.8, 4) is 11.3 Å². The quantitative estimate of drug-likeness (QED) is 0.756. The van der Waals surface area contributed by atoms with Crippen molar-refractivity contribution in [2.24, 2.45) is 17.6 Å². The molecule has 3 N–H and O–H groups in total. The van der Waals surface area contributed by atoms with Crippen molar-refractivity contribution in [1.82, 2.24) is 9.38 Å². The lowest BCUT2D eigenvalue weighted by Gasteiger charge is -2.17. The molecule has 2 aromatic heterocycles. The molecule has 1 aromatic carbocycles. The normalized spacial score (nSPS) is 19.8. The Labute approximate surface area is 153 Å². The van der Waals surface area contributed by atoms with E-state index in [2.05, 4.69) is 18.3 Å². The molecule has 0 unspecified atom stereocenters. The number of benzene rings is 1. The number of pyridine rings is 1. The second-order valence-electron chi connectivity index (χ2n) is 7.15. The number of carbonyl (C=O) groups is 1. The number of hydrogen-bond donors (Lipinski definition) is 2. The first-order valence-electron chi connectivity index (χ1n) is 9.21. The minimum absolute atomic E-state index is 0.0427. The zero-order valence-corrected chi connectivity index (χ0v) is 15.0. The highest BCUT2D eigenvalue weighted by molar-refractivity contribution is 5.93. The Morgan fingerprint density at radius 1 is 1.27 bits per heavy atom. The number of aryl methyl sites for hydroxylation is 1. The highest BCUT2D eigenvalue weighted by atomic mass is 16.1. The molecule has 1 saturated carbocycles. The number of hydrogen-bond acceptors (Lipinski definition) is 3. The van der Waals surface area contributed by atoms with Crippen LogP contribution in [0.4, 0.5) is 5.69 Å². The summed E-state index contributed by atoms with van der Waals surface area (Å²) in [5.41, 5.74) is 10.7. The molecule has 0 spiro atoms. The molecule has 0 saturated heterocycles. The maximum Gasteiger partial charge on any atom is 0.227 e. The first-order chi connectivity index (χ1) is 12.7. The van der Waals surface area contributed by atoms with E-state index >= 15 is 0 Å². The van der Waals surface area contributed by atoms with Crippen molar-refractivity contribution in [2.45, 2.75) is 26.2 Å². The second-order valence-corrected chi connectivity index (χ2v) is 7.15. The van der Waals surface area contributed by atoms with E-state index in [9.17, 15) is 4.79 Å². The van der Waals surface area contributed by atoms with Crippen LogP contribution < -0.4 is 11.1 Å². The molecule has 0 aliphatic heterocycles. The fourth-order valence-electron chi connectivity index (χ4n) is 3.92. The molecular weight excluding hydrogens is 324 g/mol. The van der Waals surface area contributed by atoms with Gasteiger partial charge in [-0.25, -0.2) is 4.98 Å². The van der Waals surface area contributed by atoms with Crippen molar-refractivity contribution in [3.63, 3.8) is 0 Å². The molecule has 134 valence electrons. The van der Waals surface area contributed by atoms with Gasteiger partial charge in [0.05, 0.1) is 5.69 Å². The first-order valence-corrected chi connectivity index (χ1v) is 9.21. The van der Waals surface area contributed by atoms with Crippen molar-refractivity contribution >= 4 is 17.2 Å². The van der Waals surface area contributed by atoms with Crippen LogP contribution in [0.25, 0.3) is 16.9 Å².